The van der Waals surface area contributed by atoms with Gasteiger partial charge in [-0.2, -0.15) is 10.4 Å². The van der Waals surface area contributed by atoms with Crippen molar-refractivity contribution in [1.29, 1.82) is 5.26 Å². The molecule has 156 valence electrons. The third-order valence-electron chi connectivity index (χ3n) is 4.28. The molecule has 2 heterocycles. The van der Waals surface area contributed by atoms with Gasteiger partial charge in [-0.1, -0.05) is 42.5 Å². The number of aryl methyl sites for hydroxylation is 1. The maximum absolute atomic E-state index is 12.3. The number of nitrogens with zero attached hydrogens (tertiary/aromatic N) is 5. The molecule has 0 saturated heterocycles. The van der Waals surface area contributed by atoms with E-state index in [2.05, 4.69) is 30.5 Å². The predicted molar refractivity (Wildman–Crippen MR) is 120 cm³/mol. The van der Waals surface area contributed by atoms with Gasteiger partial charge in [0, 0.05) is 11.8 Å². The Morgan fingerprint density at radius 2 is 1.97 bits per heavy atom. The number of nitrogens with one attached hydrogen (secondary N) is 2. The van der Waals surface area contributed by atoms with Crippen LogP contribution in [-0.4, -0.2) is 26.2 Å². The van der Waals surface area contributed by atoms with Crippen LogP contribution in [0.4, 0.5) is 5.95 Å². The van der Waals surface area contributed by atoms with Gasteiger partial charge < -0.3 is 4.74 Å². The van der Waals surface area contributed by atoms with E-state index in [1.807, 2.05) is 43.3 Å². The summed E-state index contributed by atoms with van der Waals surface area (Å²) in [5, 5.41) is 13.5. The van der Waals surface area contributed by atoms with Crippen LogP contribution in [0, 0.1) is 18.3 Å². The van der Waals surface area contributed by atoms with Gasteiger partial charge in [-0.25, -0.2) is 15.4 Å². The normalized spacial score (nSPS) is 10.6. The molecule has 0 bridgehead atoms. The minimum atomic E-state index is -0.547. The van der Waals surface area contributed by atoms with E-state index in [4.69, 9.17) is 4.74 Å². The number of nitriles is 1. The Balaban J connectivity index is 1.53. The van der Waals surface area contributed by atoms with E-state index in [1.165, 1.54) is 6.20 Å². The average Bonchev–Trinajstić information content (AvgIpc) is 2.80. The summed E-state index contributed by atoms with van der Waals surface area (Å²) in [4.78, 5) is 27.5. The van der Waals surface area contributed by atoms with E-state index in [9.17, 15) is 10.1 Å². The van der Waals surface area contributed by atoms with Gasteiger partial charge in [-0.05, 0) is 24.6 Å². The molecule has 0 fully saturated rings. The molecule has 0 amide bonds. The SMILES string of the molecule is Cc1cncc(Oc2cccc(C=NNc3nc(-c4ccccc4)c(C#N)c(=O)[nH]3)c2)n1. The van der Waals surface area contributed by atoms with Gasteiger partial charge in [0.05, 0.1) is 23.8 Å². The molecule has 4 rings (SSSR count). The molecule has 0 radical (unpaired) electrons. The predicted octanol–water partition coefficient (Wildman–Crippen LogP) is 3.65. The molecular weight excluding hydrogens is 406 g/mol. The van der Waals surface area contributed by atoms with Crippen LogP contribution in [0.5, 0.6) is 11.6 Å². The smallest absolute Gasteiger partial charge is 0.270 e. The van der Waals surface area contributed by atoms with Gasteiger partial charge in [-0.3, -0.25) is 14.8 Å². The van der Waals surface area contributed by atoms with E-state index in [1.54, 1.807) is 36.7 Å². The van der Waals surface area contributed by atoms with Gasteiger partial charge in [0.2, 0.25) is 11.8 Å². The van der Waals surface area contributed by atoms with Gasteiger partial charge in [-0.15, -0.1) is 0 Å². The summed E-state index contributed by atoms with van der Waals surface area (Å²) in [7, 11) is 0. The summed E-state index contributed by atoms with van der Waals surface area (Å²) in [6.45, 7) is 1.83. The quantitative estimate of drug-likeness (QED) is 0.358. The second-order valence-electron chi connectivity index (χ2n) is 6.66. The number of hydrogen-bond donors (Lipinski definition) is 2. The maximum atomic E-state index is 12.3. The van der Waals surface area contributed by atoms with Gasteiger partial charge in [0.25, 0.3) is 5.56 Å². The largest absolute Gasteiger partial charge is 0.437 e. The highest BCUT2D eigenvalue weighted by Gasteiger charge is 2.12. The molecule has 2 aromatic carbocycles. The van der Waals surface area contributed by atoms with Crippen LogP contribution in [0.3, 0.4) is 0 Å². The highest BCUT2D eigenvalue weighted by Crippen LogP contribution is 2.20. The van der Waals surface area contributed by atoms with Crippen LogP contribution in [0.1, 0.15) is 16.8 Å². The van der Waals surface area contributed by atoms with Crippen molar-refractivity contribution in [2.75, 3.05) is 5.43 Å². The van der Waals surface area contributed by atoms with Gasteiger partial charge in [0.15, 0.2) is 0 Å². The Labute approximate surface area is 183 Å². The van der Waals surface area contributed by atoms with Gasteiger partial charge >= 0.3 is 0 Å². The lowest BCUT2D eigenvalue weighted by atomic mass is 10.1. The molecule has 0 aliphatic rings. The Bertz CT molecular complexity index is 1380. The molecule has 2 N–H and O–H groups in total. The second-order valence-corrected chi connectivity index (χ2v) is 6.66. The zero-order valence-electron chi connectivity index (χ0n) is 17.0. The third-order valence-corrected chi connectivity index (χ3v) is 4.28. The Morgan fingerprint density at radius 1 is 1.12 bits per heavy atom. The van der Waals surface area contributed by atoms with E-state index in [0.717, 1.165) is 11.3 Å². The first-order valence-electron chi connectivity index (χ1n) is 9.58. The zero-order valence-corrected chi connectivity index (χ0v) is 17.0. The fraction of sp³-hybridized carbons (Fsp3) is 0.0435. The number of H-pyrrole nitrogens is 1. The van der Waals surface area contributed by atoms with Crippen LogP contribution in [0.25, 0.3) is 11.3 Å². The van der Waals surface area contributed by atoms with Gasteiger partial charge in [0.1, 0.15) is 17.4 Å². The number of hydrogen-bond acceptors (Lipinski definition) is 8. The minimum absolute atomic E-state index is 0.0603. The first kappa shape index (κ1) is 20.4. The molecule has 0 atom stereocenters. The Kier molecular flexibility index (Phi) is 5.95. The molecule has 32 heavy (non-hydrogen) atoms. The first-order chi connectivity index (χ1) is 15.6. The molecule has 0 unspecified atom stereocenters. The number of rotatable bonds is 6. The summed E-state index contributed by atoms with van der Waals surface area (Å²) >= 11 is 0. The summed E-state index contributed by atoms with van der Waals surface area (Å²) in [6.07, 6.45) is 4.73. The monoisotopic (exact) mass is 423 g/mol. The van der Waals surface area contributed by atoms with Crippen LogP contribution in [0.15, 0.2) is 76.9 Å². The number of aromatic amines is 1. The summed E-state index contributed by atoms with van der Waals surface area (Å²) in [5.74, 6) is 1.08. The van der Waals surface area contributed by atoms with Crippen molar-refractivity contribution in [2.45, 2.75) is 6.92 Å². The highest BCUT2D eigenvalue weighted by molar-refractivity contribution is 5.80. The lowest BCUT2D eigenvalue weighted by molar-refractivity contribution is 0.458. The number of hydrazone groups is 1. The number of benzene rings is 2. The first-order valence-corrected chi connectivity index (χ1v) is 9.58. The fourth-order valence-electron chi connectivity index (χ4n) is 2.87. The number of ether oxygens (including phenoxy) is 1. The van der Waals surface area contributed by atoms with Crippen molar-refractivity contribution in [3.05, 3.63) is 94.2 Å². The lowest BCUT2D eigenvalue weighted by Crippen LogP contribution is -2.16. The van der Waals surface area contributed by atoms with E-state index in [0.29, 0.717) is 17.2 Å². The van der Waals surface area contributed by atoms with Crippen LogP contribution in [-0.2, 0) is 0 Å². The molecule has 4 aromatic rings. The topological polar surface area (TPSA) is 129 Å². The van der Waals surface area contributed by atoms with E-state index < -0.39 is 5.56 Å². The lowest BCUT2D eigenvalue weighted by Gasteiger charge is -2.06. The zero-order chi connectivity index (χ0) is 22.3. The van der Waals surface area contributed by atoms with Crippen molar-refractivity contribution in [3.63, 3.8) is 0 Å². The van der Waals surface area contributed by atoms with Crippen molar-refractivity contribution in [1.82, 2.24) is 19.9 Å². The third kappa shape index (κ3) is 4.83. The Hall–Kier alpha value is -4.84. The van der Waals surface area contributed by atoms with E-state index >= 15 is 0 Å². The van der Waals surface area contributed by atoms with Crippen molar-refractivity contribution in [3.8, 4) is 29.0 Å². The molecule has 0 aliphatic carbocycles. The molecule has 9 nitrogen and oxygen atoms in total. The molecule has 0 spiro atoms. The summed E-state index contributed by atoms with van der Waals surface area (Å²) < 4.78 is 5.72. The fourth-order valence-corrected chi connectivity index (χ4v) is 2.87. The van der Waals surface area contributed by atoms with Crippen LogP contribution in [0.2, 0.25) is 0 Å². The minimum Gasteiger partial charge on any atom is -0.437 e. The summed E-state index contributed by atoms with van der Waals surface area (Å²) in [6, 6.07) is 18.1. The molecule has 2 aromatic heterocycles. The standard InChI is InChI=1S/C23H17N7O2/c1-15-12-25-14-20(27-15)32-18-9-5-6-16(10-18)13-26-30-23-28-21(17-7-3-2-4-8-17)19(11-24)22(31)29-23/h2-10,12-14H,1H3,(H2,28,29,30,31). The maximum Gasteiger partial charge on any atom is 0.270 e. The Morgan fingerprint density at radius 3 is 2.75 bits per heavy atom. The van der Waals surface area contributed by atoms with E-state index in [-0.39, 0.29) is 17.2 Å². The molecular formula is C23H17N7O2. The van der Waals surface area contributed by atoms with Crippen LogP contribution < -0.4 is 15.7 Å². The van der Waals surface area contributed by atoms with Crippen LogP contribution >= 0.6 is 0 Å². The number of aromatic nitrogens is 4. The number of anilines is 1. The van der Waals surface area contributed by atoms with Crippen molar-refractivity contribution in [2.24, 2.45) is 5.10 Å². The second kappa shape index (κ2) is 9.32. The molecule has 0 saturated carbocycles. The summed E-state index contributed by atoms with van der Waals surface area (Å²) in [5.41, 5.74) is 4.53. The molecule has 9 heteroatoms. The molecule has 0 aliphatic heterocycles. The average molecular weight is 423 g/mol. The van der Waals surface area contributed by atoms with Crippen molar-refractivity contribution >= 4 is 12.2 Å². The van der Waals surface area contributed by atoms with Crippen molar-refractivity contribution < 1.29 is 4.74 Å². The highest BCUT2D eigenvalue weighted by atomic mass is 16.5.